The molecule has 0 atom stereocenters. The number of aromatic carboxylic acids is 1. The first-order chi connectivity index (χ1) is 10.1. The van der Waals surface area contributed by atoms with E-state index in [0.29, 0.717) is 5.52 Å². The predicted molar refractivity (Wildman–Crippen MR) is 78.8 cm³/mol. The van der Waals surface area contributed by atoms with Gasteiger partial charge in [-0.1, -0.05) is 13.0 Å². The zero-order valence-electron chi connectivity index (χ0n) is 11.9. The summed E-state index contributed by atoms with van der Waals surface area (Å²) >= 11 is 0. The lowest BCUT2D eigenvalue weighted by molar-refractivity contribution is 0.0699. The van der Waals surface area contributed by atoms with E-state index in [1.54, 1.807) is 16.8 Å². The Labute approximate surface area is 121 Å². The summed E-state index contributed by atoms with van der Waals surface area (Å²) in [4.78, 5) is 15.9. The van der Waals surface area contributed by atoms with Gasteiger partial charge in [0.2, 0.25) is 0 Å². The van der Waals surface area contributed by atoms with Crippen molar-refractivity contribution in [3.63, 3.8) is 0 Å². The smallest absolute Gasteiger partial charge is 0.337 e. The molecule has 0 bridgehead atoms. The molecule has 0 saturated heterocycles. The van der Waals surface area contributed by atoms with Gasteiger partial charge in [-0.05, 0) is 18.6 Å². The van der Waals surface area contributed by atoms with Gasteiger partial charge in [0.25, 0.3) is 0 Å². The van der Waals surface area contributed by atoms with E-state index < -0.39 is 5.97 Å². The van der Waals surface area contributed by atoms with Gasteiger partial charge in [0, 0.05) is 25.7 Å². The average Bonchev–Trinajstić information content (AvgIpc) is 3.01. The largest absolute Gasteiger partial charge is 0.478 e. The number of benzene rings is 1. The van der Waals surface area contributed by atoms with Gasteiger partial charge in [0.15, 0.2) is 5.82 Å². The molecule has 3 aromatic rings. The van der Waals surface area contributed by atoms with Crippen LogP contribution in [0, 0.1) is 0 Å². The highest BCUT2D eigenvalue weighted by Gasteiger charge is 2.18. The quantitative estimate of drug-likeness (QED) is 0.798. The molecule has 0 amide bonds. The molecule has 2 aromatic heterocycles. The van der Waals surface area contributed by atoms with Crippen LogP contribution in [-0.4, -0.2) is 30.4 Å². The molecular weight excluding hydrogens is 268 g/mol. The fourth-order valence-electron chi connectivity index (χ4n) is 2.49. The van der Waals surface area contributed by atoms with E-state index in [1.807, 2.05) is 29.9 Å². The Balaban J connectivity index is 2.33. The van der Waals surface area contributed by atoms with Crippen LogP contribution in [0.3, 0.4) is 0 Å². The van der Waals surface area contributed by atoms with Crippen molar-refractivity contribution in [3.05, 3.63) is 41.9 Å². The van der Waals surface area contributed by atoms with Crippen LogP contribution in [0.4, 0.5) is 0 Å². The zero-order valence-corrected chi connectivity index (χ0v) is 11.9. The monoisotopic (exact) mass is 284 g/mol. The number of imidazole rings is 1. The SMILES string of the molecule is CCCc1nc2c(C(=O)O)cccc2n1-c1ccn(C)n1. The summed E-state index contributed by atoms with van der Waals surface area (Å²) in [7, 11) is 1.85. The first kappa shape index (κ1) is 13.4. The number of hydrogen-bond donors (Lipinski definition) is 1. The molecule has 21 heavy (non-hydrogen) atoms. The summed E-state index contributed by atoms with van der Waals surface area (Å²) < 4.78 is 3.66. The molecule has 0 aliphatic rings. The van der Waals surface area contributed by atoms with E-state index in [4.69, 9.17) is 0 Å². The fourth-order valence-corrected chi connectivity index (χ4v) is 2.49. The molecule has 0 aliphatic carbocycles. The average molecular weight is 284 g/mol. The predicted octanol–water partition coefficient (Wildman–Crippen LogP) is 2.41. The molecule has 108 valence electrons. The van der Waals surface area contributed by atoms with Crippen LogP contribution in [0.5, 0.6) is 0 Å². The standard InChI is InChI=1S/C15H16N4O2/c1-3-5-12-16-14-10(15(20)21)6-4-7-11(14)19(12)13-8-9-18(2)17-13/h4,6-9H,3,5H2,1-2H3,(H,20,21). The second-order valence-corrected chi connectivity index (χ2v) is 4.94. The number of para-hydroxylation sites is 1. The van der Waals surface area contributed by atoms with E-state index in [0.717, 1.165) is 30.0 Å². The Bertz CT molecular complexity index is 816. The number of nitrogens with zero attached hydrogens (tertiary/aromatic N) is 4. The highest BCUT2D eigenvalue weighted by molar-refractivity contribution is 6.01. The number of aryl methyl sites for hydroxylation is 2. The normalized spacial score (nSPS) is 11.1. The third kappa shape index (κ3) is 2.18. The molecule has 6 nitrogen and oxygen atoms in total. The Morgan fingerprint density at radius 2 is 2.14 bits per heavy atom. The summed E-state index contributed by atoms with van der Waals surface area (Å²) in [6.45, 7) is 2.07. The second kappa shape index (κ2) is 5.05. The van der Waals surface area contributed by atoms with E-state index in [1.165, 1.54) is 0 Å². The van der Waals surface area contributed by atoms with E-state index in [9.17, 15) is 9.90 Å². The van der Waals surface area contributed by atoms with Crippen LogP contribution in [0.1, 0.15) is 29.5 Å². The van der Waals surface area contributed by atoms with Crippen molar-refractivity contribution in [2.24, 2.45) is 7.05 Å². The molecule has 0 saturated carbocycles. The molecule has 2 heterocycles. The highest BCUT2D eigenvalue weighted by atomic mass is 16.4. The van der Waals surface area contributed by atoms with Crippen molar-refractivity contribution in [2.45, 2.75) is 19.8 Å². The molecule has 0 spiro atoms. The van der Waals surface area contributed by atoms with Crippen molar-refractivity contribution in [1.29, 1.82) is 0 Å². The first-order valence-electron chi connectivity index (χ1n) is 6.85. The van der Waals surface area contributed by atoms with Crippen LogP contribution in [0.2, 0.25) is 0 Å². The van der Waals surface area contributed by atoms with Gasteiger partial charge in [-0.3, -0.25) is 9.25 Å². The van der Waals surface area contributed by atoms with Crippen LogP contribution in [-0.2, 0) is 13.5 Å². The summed E-state index contributed by atoms with van der Waals surface area (Å²) in [5.74, 6) is 0.625. The zero-order chi connectivity index (χ0) is 15.0. The number of carboxylic acid groups (broad SMARTS) is 1. The van der Waals surface area contributed by atoms with Crippen molar-refractivity contribution < 1.29 is 9.90 Å². The van der Waals surface area contributed by atoms with E-state index in [-0.39, 0.29) is 5.56 Å². The van der Waals surface area contributed by atoms with Crippen LogP contribution >= 0.6 is 0 Å². The molecule has 0 unspecified atom stereocenters. The van der Waals surface area contributed by atoms with Gasteiger partial charge in [-0.2, -0.15) is 5.10 Å². The molecular formula is C15H16N4O2. The number of aromatic nitrogens is 4. The minimum atomic E-state index is -0.964. The van der Waals surface area contributed by atoms with Gasteiger partial charge in [-0.25, -0.2) is 9.78 Å². The summed E-state index contributed by atoms with van der Waals surface area (Å²) in [5, 5.41) is 13.7. The van der Waals surface area contributed by atoms with Crippen molar-refractivity contribution in [2.75, 3.05) is 0 Å². The molecule has 0 aliphatic heterocycles. The number of carbonyl (C=O) groups is 1. The summed E-state index contributed by atoms with van der Waals surface area (Å²) in [6, 6.07) is 7.09. The van der Waals surface area contributed by atoms with Gasteiger partial charge in [-0.15, -0.1) is 0 Å². The van der Waals surface area contributed by atoms with Gasteiger partial charge < -0.3 is 5.11 Å². The molecule has 3 rings (SSSR count). The maximum absolute atomic E-state index is 11.4. The lowest BCUT2D eigenvalue weighted by atomic mass is 10.2. The van der Waals surface area contributed by atoms with Gasteiger partial charge in [0.1, 0.15) is 11.3 Å². The molecule has 0 radical (unpaired) electrons. The Morgan fingerprint density at radius 3 is 2.76 bits per heavy atom. The fraction of sp³-hybridized carbons (Fsp3) is 0.267. The molecule has 1 N–H and O–H groups in total. The molecule has 1 aromatic carbocycles. The summed E-state index contributed by atoms with van der Waals surface area (Å²) in [5.41, 5.74) is 1.51. The van der Waals surface area contributed by atoms with Gasteiger partial charge in [0.05, 0.1) is 11.1 Å². The maximum atomic E-state index is 11.4. The topological polar surface area (TPSA) is 72.9 Å². The second-order valence-electron chi connectivity index (χ2n) is 4.94. The van der Waals surface area contributed by atoms with Gasteiger partial charge >= 0.3 is 5.97 Å². The number of hydrogen-bond acceptors (Lipinski definition) is 3. The highest BCUT2D eigenvalue weighted by Crippen LogP contribution is 2.24. The van der Waals surface area contributed by atoms with Crippen molar-refractivity contribution in [3.8, 4) is 5.82 Å². The number of fused-ring (bicyclic) bond motifs is 1. The van der Waals surface area contributed by atoms with Crippen LogP contribution in [0.25, 0.3) is 16.9 Å². The number of carboxylic acids is 1. The third-order valence-electron chi connectivity index (χ3n) is 3.39. The number of rotatable bonds is 4. The van der Waals surface area contributed by atoms with Crippen molar-refractivity contribution in [1.82, 2.24) is 19.3 Å². The minimum Gasteiger partial charge on any atom is -0.478 e. The van der Waals surface area contributed by atoms with Crippen LogP contribution < -0.4 is 0 Å². The molecule has 0 fully saturated rings. The Kier molecular flexibility index (Phi) is 3.21. The minimum absolute atomic E-state index is 0.222. The lowest BCUT2D eigenvalue weighted by Gasteiger charge is -2.05. The third-order valence-corrected chi connectivity index (χ3v) is 3.39. The van der Waals surface area contributed by atoms with E-state index in [2.05, 4.69) is 17.0 Å². The summed E-state index contributed by atoms with van der Waals surface area (Å²) in [6.07, 6.45) is 3.56. The van der Waals surface area contributed by atoms with E-state index >= 15 is 0 Å². The van der Waals surface area contributed by atoms with Crippen LogP contribution in [0.15, 0.2) is 30.5 Å². The Hall–Kier alpha value is -2.63. The maximum Gasteiger partial charge on any atom is 0.337 e. The van der Waals surface area contributed by atoms with Crippen molar-refractivity contribution >= 4 is 17.0 Å². The lowest BCUT2D eigenvalue weighted by Crippen LogP contribution is -2.02. The molecule has 6 heteroatoms. The Morgan fingerprint density at radius 1 is 1.33 bits per heavy atom. The first-order valence-corrected chi connectivity index (χ1v) is 6.85.